The molecule has 0 spiro atoms. The van der Waals surface area contributed by atoms with Gasteiger partial charge in [-0.05, 0) is 37.5 Å². The molecule has 0 radical (unpaired) electrons. The van der Waals surface area contributed by atoms with E-state index in [2.05, 4.69) is 22.8 Å². The third-order valence-corrected chi connectivity index (χ3v) is 2.62. The van der Waals surface area contributed by atoms with Crippen molar-refractivity contribution in [3.8, 4) is 0 Å². The summed E-state index contributed by atoms with van der Waals surface area (Å²) in [6, 6.07) is 7.90. The Bertz CT molecular complexity index is 404. The topological polar surface area (TPSA) is 41.1 Å². The van der Waals surface area contributed by atoms with Gasteiger partial charge in [-0.3, -0.25) is 0 Å². The summed E-state index contributed by atoms with van der Waals surface area (Å²) in [6.07, 6.45) is 6.05. The van der Waals surface area contributed by atoms with E-state index in [1.807, 2.05) is 31.2 Å². The summed E-state index contributed by atoms with van der Waals surface area (Å²) >= 11 is 0. The van der Waals surface area contributed by atoms with E-state index >= 15 is 0 Å². The molecule has 0 heterocycles. The molecule has 3 nitrogen and oxygen atoms in total. The number of rotatable bonds is 2. The summed E-state index contributed by atoms with van der Waals surface area (Å²) in [7, 11) is 0. The van der Waals surface area contributed by atoms with Crippen LogP contribution in [0.5, 0.6) is 0 Å². The maximum Gasteiger partial charge on any atom is 0.319 e. The highest BCUT2D eigenvalue weighted by molar-refractivity contribution is 5.89. The van der Waals surface area contributed by atoms with E-state index in [1.54, 1.807) is 0 Å². The quantitative estimate of drug-likeness (QED) is 0.733. The zero-order valence-electron chi connectivity index (χ0n) is 9.36. The number of carbonyl (C=O) groups is 1. The Balaban J connectivity index is 1.87. The highest BCUT2D eigenvalue weighted by Gasteiger charge is 2.12. The minimum absolute atomic E-state index is 0.126. The van der Waals surface area contributed by atoms with Gasteiger partial charge >= 0.3 is 6.03 Å². The number of nitrogens with one attached hydrogen (secondary N) is 2. The number of urea groups is 1. The average Bonchev–Trinajstić information content (AvgIpc) is 2.70. The van der Waals surface area contributed by atoms with Crippen molar-refractivity contribution in [3.05, 3.63) is 42.0 Å². The van der Waals surface area contributed by atoms with Crippen LogP contribution >= 0.6 is 0 Å². The van der Waals surface area contributed by atoms with Crippen LogP contribution in [0.25, 0.3) is 0 Å². The molecule has 0 saturated heterocycles. The van der Waals surface area contributed by atoms with Gasteiger partial charge in [0.2, 0.25) is 0 Å². The molecule has 1 aromatic rings. The summed E-state index contributed by atoms with van der Waals surface area (Å²) in [4.78, 5) is 11.6. The number of hydrogen-bond donors (Lipinski definition) is 2. The van der Waals surface area contributed by atoms with Crippen LogP contribution in [0.2, 0.25) is 0 Å². The number of aryl methyl sites for hydroxylation is 1. The van der Waals surface area contributed by atoms with Crippen molar-refractivity contribution in [2.75, 3.05) is 5.32 Å². The maximum atomic E-state index is 11.6. The Morgan fingerprint density at radius 3 is 2.75 bits per heavy atom. The zero-order chi connectivity index (χ0) is 11.4. The molecule has 1 aliphatic carbocycles. The summed E-state index contributed by atoms with van der Waals surface area (Å²) in [5.41, 5.74) is 1.98. The Kier molecular flexibility index (Phi) is 3.25. The molecule has 2 N–H and O–H groups in total. The fourth-order valence-corrected chi connectivity index (χ4v) is 1.81. The molecule has 1 aliphatic rings. The van der Waals surface area contributed by atoms with Crippen molar-refractivity contribution in [1.29, 1.82) is 0 Å². The molecule has 84 valence electrons. The van der Waals surface area contributed by atoms with Gasteiger partial charge in [0.05, 0.1) is 0 Å². The van der Waals surface area contributed by atoms with Gasteiger partial charge in [-0.2, -0.15) is 0 Å². The number of anilines is 1. The third kappa shape index (κ3) is 2.86. The standard InChI is InChI=1S/C13H16N2O/c1-10-5-4-8-12(9-10)15-13(16)14-11-6-2-3-7-11/h2-5,8-9,11H,6-7H2,1H3,(H2,14,15,16). The molecule has 0 aliphatic heterocycles. The van der Waals surface area contributed by atoms with Gasteiger partial charge in [0, 0.05) is 11.7 Å². The van der Waals surface area contributed by atoms with Crippen LogP contribution in [0.4, 0.5) is 10.5 Å². The number of hydrogen-bond acceptors (Lipinski definition) is 1. The van der Waals surface area contributed by atoms with Crippen LogP contribution in [0.3, 0.4) is 0 Å². The van der Waals surface area contributed by atoms with E-state index in [9.17, 15) is 4.79 Å². The van der Waals surface area contributed by atoms with Crippen molar-refractivity contribution in [2.24, 2.45) is 0 Å². The van der Waals surface area contributed by atoms with Crippen LogP contribution in [0.1, 0.15) is 18.4 Å². The first-order valence-electron chi connectivity index (χ1n) is 5.53. The van der Waals surface area contributed by atoms with Crippen molar-refractivity contribution < 1.29 is 4.79 Å². The molecule has 0 unspecified atom stereocenters. The summed E-state index contributed by atoms with van der Waals surface area (Å²) in [6.45, 7) is 2.00. The van der Waals surface area contributed by atoms with Crippen LogP contribution in [0, 0.1) is 6.92 Å². The maximum absolute atomic E-state index is 11.6. The smallest absolute Gasteiger partial charge is 0.319 e. The van der Waals surface area contributed by atoms with Crippen molar-refractivity contribution in [2.45, 2.75) is 25.8 Å². The molecule has 3 heteroatoms. The molecule has 0 saturated carbocycles. The third-order valence-electron chi connectivity index (χ3n) is 2.62. The molecular weight excluding hydrogens is 200 g/mol. The summed E-state index contributed by atoms with van der Waals surface area (Å²) < 4.78 is 0. The summed E-state index contributed by atoms with van der Waals surface area (Å²) in [5, 5.41) is 5.77. The van der Waals surface area contributed by atoms with E-state index in [4.69, 9.17) is 0 Å². The van der Waals surface area contributed by atoms with Crippen LogP contribution in [-0.2, 0) is 0 Å². The number of benzene rings is 1. The fourth-order valence-electron chi connectivity index (χ4n) is 1.81. The average molecular weight is 216 g/mol. The Morgan fingerprint density at radius 2 is 2.06 bits per heavy atom. The van der Waals surface area contributed by atoms with Crippen molar-refractivity contribution in [1.82, 2.24) is 5.32 Å². The van der Waals surface area contributed by atoms with Crippen LogP contribution < -0.4 is 10.6 Å². The number of amides is 2. The first kappa shape index (κ1) is 10.7. The SMILES string of the molecule is Cc1cccc(NC(=O)NC2CC=CC2)c1. The highest BCUT2D eigenvalue weighted by atomic mass is 16.2. The lowest BCUT2D eigenvalue weighted by atomic mass is 10.2. The minimum Gasteiger partial charge on any atom is -0.335 e. The van der Waals surface area contributed by atoms with E-state index in [-0.39, 0.29) is 12.1 Å². The first-order chi connectivity index (χ1) is 7.74. The van der Waals surface area contributed by atoms with Gasteiger partial charge in [0.1, 0.15) is 0 Å². The van der Waals surface area contributed by atoms with E-state index in [0.717, 1.165) is 24.1 Å². The van der Waals surface area contributed by atoms with Crippen LogP contribution in [0.15, 0.2) is 36.4 Å². The first-order valence-corrected chi connectivity index (χ1v) is 5.53. The zero-order valence-corrected chi connectivity index (χ0v) is 9.36. The molecule has 1 aromatic carbocycles. The second-order valence-electron chi connectivity index (χ2n) is 4.11. The molecule has 0 fully saturated rings. The van der Waals surface area contributed by atoms with Gasteiger partial charge in [0.25, 0.3) is 0 Å². The highest BCUT2D eigenvalue weighted by Crippen LogP contribution is 2.11. The molecule has 0 aromatic heterocycles. The number of carbonyl (C=O) groups excluding carboxylic acids is 1. The van der Waals surface area contributed by atoms with E-state index < -0.39 is 0 Å². The largest absolute Gasteiger partial charge is 0.335 e. The fraction of sp³-hybridized carbons (Fsp3) is 0.308. The predicted molar refractivity (Wildman–Crippen MR) is 65.5 cm³/mol. The Hall–Kier alpha value is -1.77. The molecular formula is C13H16N2O. The van der Waals surface area contributed by atoms with Crippen LogP contribution in [-0.4, -0.2) is 12.1 Å². The molecule has 2 rings (SSSR count). The lowest BCUT2D eigenvalue weighted by Crippen LogP contribution is -2.36. The van der Waals surface area contributed by atoms with Gasteiger partial charge < -0.3 is 10.6 Å². The summed E-state index contributed by atoms with van der Waals surface area (Å²) in [5.74, 6) is 0. The Labute approximate surface area is 95.6 Å². The van der Waals surface area contributed by atoms with E-state index in [1.165, 1.54) is 0 Å². The van der Waals surface area contributed by atoms with Crippen molar-refractivity contribution in [3.63, 3.8) is 0 Å². The molecule has 0 atom stereocenters. The molecule has 2 amide bonds. The normalized spacial score (nSPS) is 15.1. The van der Waals surface area contributed by atoms with Gasteiger partial charge in [0.15, 0.2) is 0 Å². The lowest BCUT2D eigenvalue weighted by molar-refractivity contribution is 0.249. The van der Waals surface area contributed by atoms with Gasteiger partial charge in [-0.15, -0.1) is 0 Å². The monoisotopic (exact) mass is 216 g/mol. The molecule has 0 bridgehead atoms. The van der Waals surface area contributed by atoms with Crippen molar-refractivity contribution >= 4 is 11.7 Å². The second kappa shape index (κ2) is 4.84. The molecule has 16 heavy (non-hydrogen) atoms. The van der Waals surface area contributed by atoms with E-state index in [0.29, 0.717) is 0 Å². The Morgan fingerprint density at radius 1 is 1.31 bits per heavy atom. The predicted octanol–water partition coefficient (Wildman–Crippen LogP) is 2.84. The lowest BCUT2D eigenvalue weighted by Gasteiger charge is -2.13. The minimum atomic E-state index is -0.126. The second-order valence-corrected chi connectivity index (χ2v) is 4.11. The van der Waals surface area contributed by atoms with Gasteiger partial charge in [-0.1, -0.05) is 24.3 Å². The van der Waals surface area contributed by atoms with Gasteiger partial charge in [-0.25, -0.2) is 4.79 Å².